The summed E-state index contributed by atoms with van der Waals surface area (Å²) in [5.41, 5.74) is 0. The van der Waals surface area contributed by atoms with E-state index in [9.17, 15) is 4.39 Å². The lowest BCUT2D eigenvalue weighted by Gasteiger charge is -1.85. The van der Waals surface area contributed by atoms with Crippen LogP contribution in [0.4, 0.5) is 4.39 Å². The van der Waals surface area contributed by atoms with Crippen molar-refractivity contribution in [3.63, 3.8) is 0 Å². The van der Waals surface area contributed by atoms with Gasteiger partial charge in [0.15, 0.2) is 6.36 Å². The van der Waals surface area contributed by atoms with Crippen molar-refractivity contribution in [3.8, 4) is 0 Å². The summed E-state index contributed by atoms with van der Waals surface area (Å²) in [5.74, 6) is 0. The quantitative estimate of drug-likeness (QED) is 0.483. The smallest absolute Gasteiger partial charge is 0.196 e. The van der Waals surface area contributed by atoms with Crippen LogP contribution in [0.1, 0.15) is 6.42 Å². The second-order valence-electron chi connectivity index (χ2n) is 0.723. The molecule has 0 aliphatic heterocycles. The molecule has 0 fully saturated rings. The summed E-state index contributed by atoms with van der Waals surface area (Å²) in [4.78, 5) is 0. The Morgan fingerprint density at radius 1 is 2.00 bits per heavy atom. The minimum Gasteiger partial charge on any atom is -0.364 e. The first-order chi connectivity index (χ1) is 2.27. The standard InChI is InChI=1S/C3H6FO/c1-2-3(4)5/h3,5H,1-2H2. The second-order valence-corrected chi connectivity index (χ2v) is 0.723. The molecule has 1 unspecified atom stereocenters. The van der Waals surface area contributed by atoms with Gasteiger partial charge in [0, 0.05) is 6.42 Å². The van der Waals surface area contributed by atoms with Crippen LogP contribution in [0.15, 0.2) is 0 Å². The van der Waals surface area contributed by atoms with Crippen molar-refractivity contribution in [3.05, 3.63) is 6.92 Å². The molecule has 0 saturated heterocycles. The molecule has 0 aliphatic carbocycles. The molecule has 5 heavy (non-hydrogen) atoms. The molecular weight excluding hydrogens is 71.0 g/mol. The van der Waals surface area contributed by atoms with Gasteiger partial charge in [0.1, 0.15) is 0 Å². The molecule has 1 nitrogen and oxygen atoms in total. The third kappa shape index (κ3) is 3.89. The summed E-state index contributed by atoms with van der Waals surface area (Å²) in [6.07, 6.45) is -1.78. The average molecular weight is 77.1 g/mol. The van der Waals surface area contributed by atoms with Gasteiger partial charge in [0.25, 0.3) is 0 Å². The highest BCUT2D eigenvalue weighted by molar-refractivity contribution is 4.36. The van der Waals surface area contributed by atoms with Gasteiger partial charge in [-0.15, -0.1) is 0 Å². The summed E-state index contributed by atoms with van der Waals surface area (Å²) >= 11 is 0. The topological polar surface area (TPSA) is 20.2 Å². The van der Waals surface area contributed by atoms with Crippen LogP contribution in [-0.4, -0.2) is 11.5 Å². The van der Waals surface area contributed by atoms with Crippen molar-refractivity contribution in [2.75, 3.05) is 0 Å². The molecule has 0 aliphatic rings. The van der Waals surface area contributed by atoms with Gasteiger partial charge < -0.3 is 5.11 Å². The summed E-state index contributed by atoms with van der Waals surface area (Å²) in [6.45, 7) is 3.06. The monoisotopic (exact) mass is 77.0 g/mol. The van der Waals surface area contributed by atoms with E-state index in [0.29, 0.717) is 0 Å². The highest BCUT2D eigenvalue weighted by Crippen LogP contribution is 1.85. The highest BCUT2D eigenvalue weighted by Gasteiger charge is 1.87. The van der Waals surface area contributed by atoms with Crippen molar-refractivity contribution in [1.29, 1.82) is 0 Å². The van der Waals surface area contributed by atoms with Gasteiger partial charge >= 0.3 is 0 Å². The van der Waals surface area contributed by atoms with Gasteiger partial charge in [0.05, 0.1) is 0 Å². The van der Waals surface area contributed by atoms with E-state index in [0.717, 1.165) is 0 Å². The number of rotatable bonds is 1. The van der Waals surface area contributed by atoms with Crippen molar-refractivity contribution in [2.24, 2.45) is 0 Å². The summed E-state index contributed by atoms with van der Waals surface area (Å²) < 4.78 is 10.9. The van der Waals surface area contributed by atoms with Gasteiger partial charge in [-0.2, -0.15) is 0 Å². The maximum Gasteiger partial charge on any atom is 0.196 e. The van der Waals surface area contributed by atoms with E-state index in [1.807, 2.05) is 0 Å². The first kappa shape index (κ1) is 4.89. The van der Waals surface area contributed by atoms with E-state index in [2.05, 4.69) is 6.92 Å². The molecule has 0 aromatic rings. The van der Waals surface area contributed by atoms with Gasteiger partial charge in [0.2, 0.25) is 0 Å². The molecule has 1 atom stereocenters. The molecule has 0 aromatic heterocycles. The fourth-order valence-electron chi connectivity index (χ4n) is 0. The Morgan fingerprint density at radius 2 is 2.20 bits per heavy atom. The van der Waals surface area contributed by atoms with Crippen LogP contribution in [-0.2, 0) is 0 Å². The first-order valence-electron chi connectivity index (χ1n) is 1.38. The third-order valence-corrected chi connectivity index (χ3v) is 0.238. The van der Waals surface area contributed by atoms with Gasteiger partial charge in [-0.1, -0.05) is 0 Å². The second kappa shape index (κ2) is 2.15. The summed E-state index contributed by atoms with van der Waals surface area (Å²) in [6, 6.07) is 0. The van der Waals surface area contributed by atoms with Crippen LogP contribution >= 0.6 is 0 Å². The molecular formula is C3H6FO. The predicted molar refractivity (Wildman–Crippen MR) is 17.1 cm³/mol. The van der Waals surface area contributed by atoms with Crippen LogP contribution < -0.4 is 0 Å². The van der Waals surface area contributed by atoms with E-state index in [4.69, 9.17) is 5.11 Å². The summed E-state index contributed by atoms with van der Waals surface area (Å²) in [5, 5.41) is 7.63. The SMILES string of the molecule is [CH2]CC(O)F. The van der Waals surface area contributed by atoms with Crippen molar-refractivity contribution < 1.29 is 9.50 Å². The molecule has 0 spiro atoms. The normalized spacial score (nSPS) is 15.0. The Kier molecular flexibility index (Phi) is 2.10. The minimum absolute atomic E-state index is 0.0556. The molecule has 2 heteroatoms. The van der Waals surface area contributed by atoms with Crippen LogP contribution in [0.5, 0.6) is 0 Å². The lowest BCUT2D eigenvalue weighted by atomic mass is 10.5. The predicted octanol–water partition coefficient (Wildman–Crippen LogP) is 0.498. The van der Waals surface area contributed by atoms with Crippen LogP contribution in [0.25, 0.3) is 0 Å². The highest BCUT2D eigenvalue weighted by atomic mass is 19.1. The molecule has 0 rings (SSSR count). The van der Waals surface area contributed by atoms with Crippen LogP contribution in [0, 0.1) is 6.92 Å². The van der Waals surface area contributed by atoms with Crippen LogP contribution in [0.2, 0.25) is 0 Å². The molecule has 0 heterocycles. The lowest BCUT2D eigenvalue weighted by Crippen LogP contribution is -1.90. The molecule has 0 aromatic carbocycles. The van der Waals surface area contributed by atoms with Gasteiger partial charge in [-0.25, -0.2) is 4.39 Å². The lowest BCUT2D eigenvalue weighted by molar-refractivity contribution is 0.0448. The van der Waals surface area contributed by atoms with E-state index >= 15 is 0 Å². The van der Waals surface area contributed by atoms with E-state index in [1.54, 1.807) is 0 Å². The van der Waals surface area contributed by atoms with Crippen molar-refractivity contribution in [2.45, 2.75) is 12.8 Å². The number of alkyl halides is 1. The average Bonchev–Trinajstić information content (AvgIpc) is 1.38. The fraction of sp³-hybridized carbons (Fsp3) is 0.667. The number of aliphatic hydroxyl groups is 1. The molecule has 0 amide bonds. The van der Waals surface area contributed by atoms with Crippen molar-refractivity contribution >= 4 is 0 Å². The van der Waals surface area contributed by atoms with Gasteiger partial charge in [-0.3, -0.25) is 0 Å². The first-order valence-corrected chi connectivity index (χ1v) is 1.38. The Bertz CT molecular complexity index is 20.9. The number of aliphatic hydroxyl groups excluding tert-OH is 1. The molecule has 1 radical (unpaired) electrons. The van der Waals surface area contributed by atoms with Gasteiger partial charge in [-0.05, 0) is 6.92 Å². The molecule has 31 valence electrons. The number of hydrogen-bond donors (Lipinski definition) is 1. The number of hydrogen-bond acceptors (Lipinski definition) is 1. The Hall–Kier alpha value is -0.110. The maximum atomic E-state index is 10.9. The zero-order valence-corrected chi connectivity index (χ0v) is 2.82. The van der Waals surface area contributed by atoms with E-state index in [-0.39, 0.29) is 6.42 Å². The third-order valence-electron chi connectivity index (χ3n) is 0.238. The van der Waals surface area contributed by atoms with E-state index in [1.165, 1.54) is 0 Å². The maximum absolute atomic E-state index is 10.9. The van der Waals surface area contributed by atoms with Crippen LogP contribution in [0.3, 0.4) is 0 Å². The largest absolute Gasteiger partial charge is 0.364 e. The minimum atomic E-state index is -1.73. The van der Waals surface area contributed by atoms with E-state index < -0.39 is 6.36 Å². The van der Waals surface area contributed by atoms with Crippen molar-refractivity contribution in [1.82, 2.24) is 0 Å². The Balaban J connectivity index is 2.54. The molecule has 0 bridgehead atoms. The zero-order chi connectivity index (χ0) is 4.28. The Morgan fingerprint density at radius 3 is 2.20 bits per heavy atom. The fourth-order valence-corrected chi connectivity index (χ4v) is 0. The molecule has 0 saturated carbocycles. The number of halogens is 1. The zero-order valence-electron chi connectivity index (χ0n) is 2.82. The molecule has 1 N–H and O–H groups in total. The summed E-state index contributed by atoms with van der Waals surface area (Å²) in [7, 11) is 0. The Labute approximate surface area is 30.4 Å².